The maximum atomic E-state index is 10.2. The Labute approximate surface area is 63.0 Å². The van der Waals surface area contributed by atoms with E-state index in [2.05, 4.69) is 22.6 Å². The molecular weight excluding hydrogens is 217 g/mol. The number of alkyl halides is 1. The molecule has 0 aromatic rings. The number of carbonyl (C=O) groups is 1. The van der Waals surface area contributed by atoms with Crippen LogP contribution < -0.4 is 5.73 Å². The molecule has 1 amide bonds. The second-order valence-electron chi connectivity index (χ2n) is 1.93. The van der Waals surface area contributed by atoms with E-state index in [9.17, 15) is 4.79 Å². The predicted octanol–water partition coefficient (Wildman–Crippen LogP) is 0.933. The van der Waals surface area contributed by atoms with E-state index in [1.807, 2.05) is 6.92 Å². The normalized spacial score (nSPS) is 13.2. The lowest BCUT2D eigenvalue weighted by atomic mass is 10.1. The molecular formula is C5H10INO. The molecule has 3 heteroatoms. The summed E-state index contributed by atoms with van der Waals surface area (Å²) < 4.78 is 1.00. The van der Waals surface area contributed by atoms with Gasteiger partial charge in [-0.2, -0.15) is 0 Å². The fourth-order valence-corrected chi connectivity index (χ4v) is 0.709. The van der Waals surface area contributed by atoms with Crippen LogP contribution in [0.3, 0.4) is 0 Å². The summed E-state index contributed by atoms with van der Waals surface area (Å²) in [5.41, 5.74) is 4.93. The van der Waals surface area contributed by atoms with Crippen LogP contribution in [-0.4, -0.2) is 10.3 Å². The Bertz CT molecular complexity index is 84.5. The number of hydrogen-bond acceptors (Lipinski definition) is 1. The molecule has 0 aliphatic carbocycles. The highest BCUT2D eigenvalue weighted by Gasteiger charge is 2.01. The van der Waals surface area contributed by atoms with Crippen molar-refractivity contribution in [2.75, 3.05) is 4.43 Å². The van der Waals surface area contributed by atoms with Crippen molar-refractivity contribution >= 4 is 28.5 Å². The minimum Gasteiger partial charge on any atom is -0.370 e. The van der Waals surface area contributed by atoms with Gasteiger partial charge in [-0.15, -0.1) is 0 Å². The summed E-state index contributed by atoms with van der Waals surface area (Å²) in [7, 11) is 0. The van der Waals surface area contributed by atoms with Crippen LogP contribution in [0.5, 0.6) is 0 Å². The summed E-state index contributed by atoms with van der Waals surface area (Å²) in [4.78, 5) is 10.2. The van der Waals surface area contributed by atoms with Gasteiger partial charge in [-0.05, 0) is 5.92 Å². The lowest BCUT2D eigenvalue weighted by molar-refractivity contribution is -0.118. The summed E-state index contributed by atoms with van der Waals surface area (Å²) in [5.74, 6) is 0.238. The highest BCUT2D eigenvalue weighted by molar-refractivity contribution is 14.1. The van der Waals surface area contributed by atoms with E-state index < -0.39 is 0 Å². The Morgan fingerprint density at radius 3 is 2.50 bits per heavy atom. The van der Waals surface area contributed by atoms with Gasteiger partial charge < -0.3 is 5.73 Å². The molecule has 1 atom stereocenters. The smallest absolute Gasteiger partial charge is 0.217 e. The van der Waals surface area contributed by atoms with Crippen LogP contribution in [0.1, 0.15) is 13.3 Å². The Morgan fingerprint density at radius 1 is 1.88 bits per heavy atom. The van der Waals surface area contributed by atoms with Crippen LogP contribution in [0.15, 0.2) is 0 Å². The zero-order valence-corrected chi connectivity index (χ0v) is 7.01. The lowest BCUT2D eigenvalue weighted by Gasteiger charge is -2.00. The zero-order chi connectivity index (χ0) is 6.57. The second-order valence-corrected chi connectivity index (χ2v) is 2.81. The molecule has 0 aromatic heterocycles. The van der Waals surface area contributed by atoms with Crippen molar-refractivity contribution in [3.05, 3.63) is 0 Å². The van der Waals surface area contributed by atoms with Crippen LogP contribution in [0, 0.1) is 5.92 Å². The van der Waals surface area contributed by atoms with Crippen molar-refractivity contribution < 1.29 is 4.79 Å². The summed E-state index contributed by atoms with van der Waals surface area (Å²) in [5, 5.41) is 0. The van der Waals surface area contributed by atoms with Gasteiger partial charge in [0, 0.05) is 10.8 Å². The molecule has 0 fully saturated rings. The quantitative estimate of drug-likeness (QED) is 0.565. The molecule has 0 aliphatic rings. The average molecular weight is 227 g/mol. The third-order valence-corrected chi connectivity index (χ3v) is 2.32. The van der Waals surface area contributed by atoms with Gasteiger partial charge in [0.15, 0.2) is 0 Å². The van der Waals surface area contributed by atoms with E-state index in [0.717, 1.165) is 4.43 Å². The van der Waals surface area contributed by atoms with Crippen LogP contribution in [0.4, 0.5) is 0 Å². The monoisotopic (exact) mass is 227 g/mol. The molecule has 2 N–H and O–H groups in total. The largest absolute Gasteiger partial charge is 0.370 e. The van der Waals surface area contributed by atoms with Crippen LogP contribution in [0.2, 0.25) is 0 Å². The summed E-state index contributed by atoms with van der Waals surface area (Å²) in [6.45, 7) is 2.01. The molecule has 0 aromatic carbocycles. The Hall–Kier alpha value is 0.200. The number of amides is 1. The topological polar surface area (TPSA) is 43.1 Å². The molecule has 0 heterocycles. The van der Waals surface area contributed by atoms with Crippen molar-refractivity contribution in [2.24, 2.45) is 11.7 Å². The highest BCUT2D eigenvalue weighted by Crippen LogP contribution is 2.03. The number of halogens is 1. The van der Waals surface area contributed by atoms with E-state index in [1.165, 1.54) is 0 Å². The van der Waals surface area contributed by atoms with Crippen LogP contribution in [0.25, 0.3) is 0 Å². The third kappa shape index (κ3) is 4.36. The minimum atomic E-state index is -0.200. The second kappa shape index (κ2) is 4.12. The molecule has 48 valence electrons. The third-order valence-electron chi connectivity index (χ3n) is 0.813. The summed E-state index contributed by atoms with van der Waals surface area (Å²) in [6.07, 6.45) is 0.517. The molecule has 0 spiro atoms. The van der Waals surface area contributed by atoms with Gasteiger partial charge in [0.1, 0.15) is 0 Å². The van der Waals surface area contributed by atoms with E-state index >= 15 is 0 Å². The zero-order valence-electron chi connectivity index (χ0n) is 4.86. The minimum absolute atomic E-state index is 0.200. The van der Waals surface area contributed by atoms with E-state index in [-0.39, 0.29) is 5.91 Å². The maximum absolute atomic E-state index is 10.2. The Morgan fingerprint density at radius 2 is 2.38 bits per heavy atom. The fourth-order valence-electron chi connectivity index (χ4n) is 0.398. The van der Waals surface area contributed by atoms with Gasteiger partial charge in [0.05, 0.1) is 0 Å². The highest BCUT2D eigenvalue weighted by atomic mass is 127. The van der Waals surface area contributed by atoms with Crippen molar-refractivity contribution in [3.8, 4) is 0 Å². The summed E-state index contributed by atoms with van der Waals surface area (Å²) >= 11 is 2.24. The van der Waals surface area contributed by atoms with Gasteiger partial charge in [-0.25, -0.2) is 0 Å². The SMILES string of the molecule is CC(CI)CC(N)=O. The molecule has 2 nitrogen and oxygen atoms in total. The van der Waals surface area contributed by atoms with Gasteiger partial charge in [-0.3, -0.25) is 4.79 Å². The molecule has 1 unspecified atom stereocenters. The molecule has 8 heavy (non-hydrogen) atoms. The number of hydrogen-bond donors (Lipinski definition) is 1. The summed E-state index contributed by atoms with van der Waals surface area (Å²) in [6, 6.07) is 0. The maximum Gasteiger partial charge on any atom is 0.217 e. The van der Waals surface area contributed by atoms with Gasteiger partial charge in [0.25, 0.3) is 0 Å². The Balaban J connectivity index is 3.24. The fraction of sp³-hybridized carbons (Fsp3) is 0.800. The van der Waals surface area contributed by atoms with E-state index in [4.69, 9.17) is 5.73 Å². The molecule has 0 radical (unpaired) electrons. The number of carbonyl (C=O) groups excluding carboxylic acids is 1. The molecule has 0 aliphatic heterocycles. The number of rotatable bonds is 3. The molecule has 0 saturated carbocycles. The lowest BCUT2D eigenvalue weighted by Crippen LogP contribution is -2.14. The van der Waals surface area contributed by atoms with Crippen molar-refractivity contribution in [1.29, 1.82) is 0 Å². The standard InChI is InChI=1S/C5H10INO/c1-4(3-6)2-5(7)8/h4H,2-3H2,1H3,(H2,7,8). The first-order valence-electron chi connectivity index (χ1n) is 2.51. The van der Waals surface area contributed by atoms with Gasteiger partial charge >= 0.3 is 0 Å². The Kier molecular flexibility index (Phi) is 4.22. The van der Waals surface area contributed by atoms with Crippen molar-refractivity contribution in [1.82, 2.24) is 0 Å². The van der Waals surface area contributed by atoms with Crippen LogP contribution >= 0.6 is 22.6 Å². The first-order valence-corrected chi connectivity index (χ1v) is 4.03. The number of primary amides is 1. The van der Waals surface area contributed by atoms with Gasteiger partial charge in [0.2, 0.25) is 5.91 Å². The van der Waals surface area contributed by atoms with E-state index in [1.54, 1.807) is 0 Å². The number of nitrogens with two attached hydrogens (primary N) is 1. The van der Waals surface area contributed by atoms with Gasteiger partial charge in [-0.1, -0.05) is 29.5 Å². The first kappa shape index (κ1) is 8.20. The molecule has 0 saturated heterocycles. The van der Waals surface area contributed by atoms with Crippen LogP contribution in [-0.2, 0) is 4.79 Å². The first-order chi connectivity index (χ1) is 3.66. The average Bonchev–Trinajstić information content (AvgIpc) is 1.65. The molecule has 0 rings (SSSR count). The predicted molar refractivity (Wildman–Crippen MR) is 41.9 cm³/mol. The van der Waals surface area contributed by atoms with Crippen molar-refractivity contribution in [3.63, 3.8) is 0 Å². The molecule has 0 bridgehead atoms. The van der Waals surface area contributed by atoms with E-state index in [0.29, 0.717) is 12.3 Å². The van der Waals surface area contributed by atoms with Crippen molar-refractivity contribution in [2.45, 2.75) is 13.3 Å².